The number of nitrogens with zero attached hydrogens (tertiary/aromatic N) is 4. The van der Waals surface area contributed by atoms with Crippen molar-refractivity contribution in [2.75, 3.05) is 0 Å². The largest absolute Gasteiger partial charge is 0.309 e. The van der Waals surface area contributed by atoms with E-state index in [9.17, 15) is 10.5 Å². The summed E-state index contributed by atoms with van der Waals surface area (Å²) >= 11 is 0. The molecule has 0 radical (unpaired) electrons. The highest BCUT2D eigenvalue weighted by molar-refractivity contribution is 6.22. The zero-order chi connectivity index (χ0) is 26.8. The summed E-state index contributed by atoms with van der Waals surface area (Å²) in [6.45, 7) is 0. The summed E-state index contributed by atoms with van der Waals surface area (Å²) in [4.78, 5) is 0. The minimum Gasteiger partial charge on any atom is -0.309 e. The monoisotopic (exact) mass is 508 g/mol. The molecule has 0 saturated heterocycles. The van der Waals surface area contributed by atoms with Crippen molar-refractivity contribution in [3.8, 4) is 23.5 Å². The Bertz CT molecular complexity index is 2350. The molecular formula is C36H20N4. The van der Waals surface area contributed by atoms with E-state index in [0.29, 0.717) is 16.8 Å². The number of benzene rings is 6. The van der Waals surface area contributed by atoms with Crippen LogP contribution in [-0.2, 0) is 0 Å². The third kappa shape index (κ3) is 2.93. The van der Waals surface area contributed by atoms with E-state index < -0.39 is 0 Å². The van der Waals surface area contributed by atoms with Gasteiger partial charge in [-0.2, -0.15) is 10.5 Å². The molecule has 0 saturated carbocycles. The van der Waals surface area contributed by atoms with Gasteiger partial charge in [0.2, 0.25) is 0 Å². The Morgan fingerprint density at radius 2 is 1.12 bits per heavy atom. The maximum atomic E-state index is 10.1. The smallest absolute Gasteiger partial charge is 0.103 e. The first-order chi connectivity index (χ1) is 19.8. The van der Waals surface area contributed by atoms with Crippen LogP contribution in [0.25, 0.3) is 65.8 Å². The van der Waals surface area contributed by atoms with Crippen LogP contribution < -0.4 is 0 Å². The summed E-state index contributed by atoms with van der Waals surface area (Å²) in [5.41, 5.74) is 6.84. The van der Waals surface area contributed by atoms with Crippen LogP contribution in [0.2, 0.25) is 0 Å². The third-order valence-corrected chi connectivity index (χ3v) is 7.99. The van der Waals surface area contributed by atoms with Gasteiger partial charge in [0.15, 0.2) is 0 Å². The Labute approximate surface area is 229 Å². The minimum absolute atomic E-state index is 0.373. The van der Waals surface area contributed by atoms with E-state index in [0.717, 1.165) is 49.3 Å². The summed E-state index contributed by atoms with van der Waals surface area (Å²) in [5, 5.41) is 26.8. The highest BCUT2D eigenvalue weighted by Crippen LogP contribution is 2.40. The number of aromatic nitrogens is 2. The molecule has 4 nitrogen and oxygen atoms in total. The molecule has 40 heavy (non-hydrogen) atoms. The molecular weight excluding hydrogens is 488 g/mol. The van der Waals surface area contributed by atoms with E-state index in [-0.39, 0.29) is 0 Å². The average Bonchev–Trinajstić information content (AvgIpc) is 3.53. The average molecular weight is 509 g/mol. The molecule has 6 aromatic carbocycles. The maximum Gasteiger partial charge on any atom is 0.103 e. The molecule has 184 valence electrons. The topological polar surface area (TPSA) is 57.4 Å². The summed E-state index contributed by atoms with van der Waals surface area (Å²) in [7, 11) is 0. The quantitative estimate of drug-likeness (QED) is 0.234. The lowest BCUT2D eigenvalue weighted by Gasteiger charge is -2.12. The van der Waals surface area contributed by atoms with Crippen molar-refractivity contribution in [2.45, 2.75) is 0 Å². The fourth-order valence-electron chi connectivity index (χ4n) is 6.31. The lowest BCUT2D eigenvalue weighted by Crippen LogP contribution is -2.00. The lowest BCUT2D eigenvalue weighted by atomic mass is 10.0. The summed E-state index contributed by atoms with van der Waals surface area (Å²) in [6.07, 6.45) is 0. The van der Waals surface area contributed by atoms with Crippen molar-refractivity contribution in [3.05, 3.63) is 132 Å². The summed E-state index contributed by atoms with van der Waals surface area (Å²) < 4.78 is 4.46. The van der Waals surface area contributed by atoms with Crippen molar-refractivity contribution in [1.29, 1.82) is 10.5 Å². The molecule has 2 aromatic heterocycles. The van der Waals surface area contributed by atoms with Gasteiger partial charge in [-0.3, -0.25) is 0 Å². The van der Waals surface area contributed by atoms with Gasteiger partial charge in [0.1, 0.15) is 12.1 Å². The van der Waals surface area contributed by atoms with E-state index in [1.54, 1.807) is 6.07 Å². The maximum absolute atomic E-state index is 10.1. The van der Waals surface area contributed by atoms with E-state index in [4.69, 9.17) is 0 Å². The van der Waals surface area contributed by atoms with Crippen LogP contribution in [0.3, 0.4) is 0 Å². The van der Waals surface area contributed by atoms with Crippen molar-refractivity contribution in [1.82, 2.24) is 9.13 Å². The fraction of sp³-hybridized carbons (Fsp3) is 0. The Morgan fingerprint density at radius 1 is 0.475 bits per heavy atom. The molecule has 2 heterocycles. The van der Waals surface area contributed by atoms with Crippen LogP contribution >= 0.6 is 0 Å². The molecule has 0 aliphatic carbocycles. The van der Waals surface area contributed by atoms with Gasteiger partial charge in [-0.05, 0) is 59.3 Å². The Balaban J connectivity index is 1.55. The van der Waals surface area contributed by atoms with Crippen LogP contribution in [0.4, 0.5) is 0 Å². The number of nitriles is 2. The van der Waals surface area contributed by atoms with Crippen LogP contribution in [-0.4, -0.2) is 9.13 Å². The highest BCUT2D eigenvalue weighted by atomic mass is 15.0. The van der Waals surface area contributed by atoms with Gasteiger partial charge in [0.25, 0.3) is 0 Å². The number of hydrogen-bond acceptors (Lipinski definition) is 2. The van der Waals surface area contributed by atoms with Gasteiger partial charge in [0.05, 0.1) is 38.9 Å². The van der Waals surface area contributed by atoms with E-state index >= 15 is 0 Å². The van der Waals surface area contributed by atoms with Gasteiger partial charge in [-0.15, -0.1) is 0 Å². The van der Waals surface area contributed by atoms with Crippen molar-refractivity contribution in [3.63, 3.8) is 0 Å². The molecule has 0 fully saturated rings. The van der Waals surface area contributed by atoms with Gasteiger partial charge < -0.3 is 9.13 Å². The molecule has 0 spiro atoms. The summed E-state index contributed by atoms with van der Waals surface area (Å²) in [6, 6.07) is 46.2. The standard InChI is InChI=1S/C36H20N4/c37-21-24-9-7-15-33(30(24)22-38)40-34-19-17-25(20-29(34)36-26-10-2-1-8-23(26)16-18-35(36)40)39-31-13-5-3-11-27(31)28-12-4-6-14-32(28)39/h1-20H. The minimum atomic E-state index is 0.373. The summed E-state index contributed by atoms with van der Waals surface area (Å²) in [5.74, 6) is 0. The van der Waals surface area contributed by atoms with Gasteiger partial charge in [-0.1, -0.05) is 72.8 Å². The van der Waals surface area contributed by atoms with E-state index in [1.165, 1.54) is 10.8 Å². The SMILES string of the molecule is N#Cc1cccc(-n2c3ccc(-n4c5ccccc5c5ccccc54)cc3c3c4ccccc4ccc32)c1C#N. The van der Waals surface area contributed by atoms with Gasteiger partial charge >= 0.3 is 0 Å². The predicted octanol–water partition coefficient (Wildman–Crippen LogP) is 8.78. The van der Waals surface area contributed by atoms with Crippen LogP contribution in [0, 0.1) is 22.7 Å². The first-order valence-corrected chi connectivity index (χ1v) is 13.2. The molecule has 0 atom stereocenters. The lowest BCUT2D eigenvalue weighted by molar-refractivity contribution is 1.15. The second-order valence-electron chi connectivity index (χ2n) is 10.0. The zero-order valence-electron chi connectivity index (χ0n) is 21.3. The molecule has 0 bridgehead atoms. The number of fused-ring (bicyclic) bond motifs is 8. The van der Waals surface area contributed by atoms with Crippen LogP contribution in [0.15, 0.2) is 121 Å². The van der Waals surface area contributed by atoms with Crippen molar-refractivity contribution < 1.29 is 0 Å². The Hall–Kier alpha value is -5.84. The molecule has 4 heteroatoms. The van der Waals surface area contributed by atoms with E-state index in [2.05, 4.69) is 124 Å². The predicted molar refractivity (Wildman–Crippen MR) is 162 cm³/mol. The Kier molecular flexibility index (Phi) is 4.62. The van der Waals surface area contributed by atoms with Crippen molar-refractivity contribution in [2.24, 2.45) is 0 Å². The molecule has 0 amide bonds. The first kappa shape index (κ1) is 22.2. The van der Waals surface area contributed by atoms with Gasteiger partial charge in [-0.25, -0.2) is 0 Å². The van der Waals surface area contributed by atoms with Crippen LogP contribution in [0.1, 0.15) is 11.1 Å². The van der Waals surface area contributed by atoms with Gasteiger partial charge in [0, 0.05) is 27.2 Å². The third-order valence-electron chi connectivity index (χ3n) is 7.99. The second-order valence-corrected chi connectivity index (χ2v) is 10.0. The molecule has 8 aromatic rings. The van der Waals surface area contributed by atoms with Crippen molar-refractivity contribution >= 4 is 54.4 Å². The number of hydrogen-bond donors (Lipinski definition) is 0. The molecule has 8 rings (SSSR count). The Morgan fingerprint density at radius 3 is 1.85 bits per heavy atom. The number of rotatable bonds is 2. The molecule has 0 unspecified atom stereocenters. The fourth-order valence-corrected chi connectivity index (χ4v) is 6.31. The molecule has 0 N–H and O–H groups in total. The zero-order valence-corrected chi connectivity index (χ0v) is 21.3. The second kappa shape index (κ2) is 8.33. The number of para-hydroxylation sites is 2. The normalized spacial score (nSPS) is 11.4. The highest BCUT2D eigenvalue weighted by Gasteiger charge is 2.20. The van der Waals surface area contributed by atoms with Crippen LogP contribution in [0.5, 0.6) is 0 Å². The molecule has 0 aliphatic rings. The van der Waals surface area contributed by atoms with E-state index in [1.807, 2.05) is 12.1 Å². The molecule has 0 aliphatic heterocycles. The first-order valence-electron chi connectivity index (χ1n) is 13.2.